The average Bonchev–Trinajstić information content (AvgIpc) is 2.44. The molecule has 0 amide bonds. The van der Waals surface area contributed by atoms with E-state index in [2.05, 4.69) is 11.8 Å². The molecule has 3 nitrogen and oxygen atoms in total. The molecule has 0 spiro atoms. The van der Waals surface area contributed by atoms with Crippen LogP contribution in [0.3, 0.4) is 0 Å². The topological polar surface area (TPSA) is 40.5 Å². The molecule has 0 radical (unpaired) electrons. The van der Waals surface area contributed by atoms with Crippen molar-refractivity contribution in [2.45, 2.75) is 38.8 Å². The number of ketones is 1. The number of β-amino-alcohol motifs (C(OH)–C–C–N with tert-alkyl or cyclic N) is 1. The largest absolute Gasteiger partial charge is 0.392 e. The molecule has 3 unspecified atom stereocenters. The van der Waals surface area contributed by atoms with E-state index in [1.807, 2.05) is 37.3 Å². The smallest absolute Gasteiger partial charge is 0.179 e. The van der Waals surface area contributed by atoms with Gasteiger partial charge < -0.3 is 5.11 Å². The molecule has 1 N–H and O–H groups in total. The minimum Gasteiger partial charge on any atom is -0.392 e. The molecular formula is C16H23NO2. The van der Waals surface area contributed by atoms with Crippen molar-refractivity contribution in [1.29, 1.82) is 0 Å². The van der Waals surface area contributed by atoms with Crippen LogP contribution >= 0.6 is 0 Å². The second kappa shape index (κ2) is 6.31. The zero-order valence-electron chi connectivity index (χ0n) is 11.7. The maximum Gasteiger partial charge on any atom is 0.179 e. The molecule has 104 valence electrons. The predicted octanol–water partition coefficient (Wildman–Crippen LogP) is 2.35. The number of likely N-dealkylation sites (tertiary alicyclic amines) is 1. The zero-order valence-corrected chi connectivity index (χ0v) is 11.7. The monoisotopic (exact) mass is 261 g/mol. The van der Waals surface area contributed by atoms with Crippen molar-refractivity contribution in [2.24, 2.45) is 5.92 Å². The van der Waals surface area contributed by atoms with Crippen LogP contribution < -0.4 is 0 Å². The van der Waals surface area contributed by atoms with Gasteiger partial charge in [0.2, 0.25) is 0 Å². The average molecular weight is 261 g/mol. The number of hydrogen-bond donors (Lipinski definition) is 1. The van der Waals surface area contributed by atoms with E-state index in [0.717, 1.165) is 24.9 Å². The van der Waals surface area contributed by atoms with Gasteiger partial charge in [0, 0.05) is 12.1 Å². The number of carbonyl (C=O) groups excluding carboxylic acids is 1. The molecule has 0 aliphatic carbocycles. The molecule has 19 heavy (non-hydrogen) atoms. The molecule has 1 heterocycles. The SMILES string of the molecule is CCC(C(=O)c1ccccc1)N1CCC(C)C(O)C1. The normalized spacial score (nSPS) is 26.1. The fraction of sp³-hybridized carbons (Fsp3) is 0.562. The fourth-order valence-electron chi connectivity index (χ4n) is 2.76. The van der Waals surface area contributed by atoms with Crippen LogP contribution in [0, 0.1) is 5.92 Å². The highest BCUT2D eigenvalue weighted by Gasteiger charge is 2.31. The first kappa shape index (κ1) is 14.2. The van der Waals surface area contributed by atoms with Gasteiger partial charge in [-0.2, -0.15) is 0 Å². The highest BCUT2D eigenvalue weighted by Crippen LogP contribution is 2.22. The van der Waals surface area contributed by atoms with E-state index in [1.165, 1.54) is 0 Å². The van der Waals surface area contributed by atoms with E-state index >= 15 is 0 Å². The predicted molar refractivity (Wildman–Crippen MR) is 76.2 cm³/mol. The number of hydrogen-bond acceptors (Lipinski definition) is 3. The number of carbonyl (C=O) groups is 1. The van der Waals surface area contributed by atoms with Gasteiger partial charge in [-0.05, 0) is 25.3 Å². The van der Waals surface area contributed by atoms with Crippen molar-refractivity contribution in [3.8, 4) is 0 Å². The maximum atomic E-state index is 12.5. The minimum absolute atomic E-state index is 0.107. The van der Waals surface area contributed by atoms with Gasteiger partial charge in [0.1, 0.15) is 0 Å². The second-order valence-electron chi connectivity index (χ2n) is 5.48. The molecule has 2 rings (SSSR count). The zero-order chi connectivity index (χ0) is 13.8. The molecule has 1 fully saturated rings. The summed E-state index contributed by atoms with van der Waals surface area (Å²) in [5.41, 5.74) is 0.766. The summed E-state index contributed by atoms with van der Waals surface area (Å²) in [5, 5.41) is 9.99. The van der Waals surface area contributed by atoms with Crippen LogP contribution in [0.2, 0.25) is 0 Å². The Hall–Kier alpha value is -1.19. The molecule has 1 saturated heterocycles. The van der Waals surface area contributed by atoms with Crippen LogP contribution in [0.5, 0.6) is 0 Å². The molecule has 0 aromatic heterocycles. The van der Waals surface area contributed by atoms with Crippen molar-refractivity contribution in [3.63, 3.8) is 0 Å². The molecular weight excluding hydrogens is 238 g/mol. The van der Waals surface area contributed by atoms with Crippen molar-refractivity contribution in [2.75, 3.05) is 13.1 Å². The third kappa shape index (κ3) is 3.23. The van der Waals surface area contributed by atoms with Crippen molar-refractivity contribution >= 4 is 5.78 Å². The third-order valence-electron chi connectivity index (χ3n) is 4.14. The van der Waals surface area contributed by atoms with Crippen LogP contribution in [0.25, 0.3) is 0 Å². The van der Waals surface area contributed by atoms with Crippen LogP contribution in [0.15, 0.2) is 30.3 Å². The molecule has 3 atom stereocenters. The van der Waals surface area contributed by atoms with Crippen molar-refractivity contribution in [3.05, 3.63) is 35.9 Å². The van der Waals surface area contributed by atoms with Gasteiger partial charge in [-0.25, -0.2) is 0 Å². The van der Waals surface area contributed by atoms with E-state index in [4.69, 9.17) is 0 Å². The second-order valence-corrected chi connectivity index (χ2v) is 5.48. The van der Waals surface area contributed by atoms with Gasteiger partial charge in [-0.3, -0.25) is 9.69 Å². The first-order chi connectivity index (χ1) is 9.13. The Kier molecular flexibility index (Phi) is 4.72. The number of benzene rings is 1. The quantitative estimate of drug-likeness (QED) is 0.846. The van der Waals surface area contributed by atoms with Crippen molar-refractivity contribution in [1.82, 2.24) is 4.90 Å². The minimum atomic E-state index is -0.314. The van der Waals surface area contributed by atoms with Gasteiger partial charge in [0.25, 0.3) is 0 Å². The third-order valence-corrected chi connectivity index (χ3v) is 4.14. The Morgan fingerprint density at radius 2 is 2.11 bits per heavy atom. The van der Waals surface area contributed by atoms with E-state index < -0.39 is 0 Å². The molecule has 1 aromatic rings. The Labute approximate surface area is 115 Å². The fourth-order valence-corrected chi connectivity index (χ4v) is 2.76. The number of aliphatic hydroxyl groups is 1. The lowest BCUT2D eigenvalue weighted by Gasteiger charge is -2.38. The van der Waals surface area contributed by atoms with Crippen LogP contribution in [-0.2, 0) is 0 Å². The summed E-state index contributed by atoms with van der Waals surface area (Å²) in [6.45, 7) is 5.62. The lowest BCUT2D eigenvalue weighted by Crippen LogP contribution is -2.50. The van der Waals surface area contributed by atoms with E-state index in [0.29, 0.717) is 12.5 Å². The number of aliphatic hydroxyl groups excluding tert-OH is 1. The first-order valence-corrected chi connectivity index (χ1v) is 7.14. The van der Waals surface area contributed by atoms with Gasteiger partial charge in [0.05, 0.1) is 12.1 Å². The van der Waals surface area contributed by atoms with Gasteiger partial charge in [-0.1, -0.05) is 44.2 Å². The first-order valence-electron chi connectivity index (χ1n) is 7.14. The summed E-state index contributed by atoms with van der Waals surface area (Å²) in [5.74, 6) is 0.505. The van der Waals surface area contributed by atoms with Crippen LogP contribution in [0.4, 0.5) is 0 Å². The van der Waals surface area contributed by atoms with Gasteiger partial charge in [-0.15, -0.1) is 0 Å². The molecule has 1 aliphatic rings. The number of piperidine rings is 1. The lowest BCUT2D eigenvalue weighted by molar-refractivity contribution is 0.0111. The Balaban J connectivity index is 2.10. The molecule has 1 aromatic carbocycles. The molecule has 0 bridgehead atoms. The standard InChI is InChI=1S/C16H23NO2/c1-3-14(16(19)13-7-5-4-6-8-13)17-10-9-12(2)15(18)11-17/h4-8,12,14-15,18H,3,9-11H2,1-2H3. The summed E-state index contributed by atoms with van der Waals surface area (Å²) in [4.78, 5) is 14.7. The summed E-state index contributed by atoms with van der Waals surface area (Å²) in [6, 6.07) is 9.34. The highest BCUT2D eigenvalue weighted by molar-refractivity contribution is 6.00. The van der Waals surface area contributed by atoms with E-state index in [1.54, 1.807) is 0 Å². The Morgan fingerprint density at radius 1 is 1.42 bits per heavy atom. The number of Topliss-reactive ketones (excluding diaryl/α,β-unsaturated/α-hetero) is 1. The van der Waals surface area contributed by atoms with Crippen LogP contribution in [-0.4, -0.2) is 41.0 Å². The number of rotatable bonds is 4. The van der Waals surface area contributed by atoms with Gasteiger partial charge in [0.15, 0.2) is 5.78 Å². The summed E-state index contributed by atoms with van der Waals surface area (Å²) in [7, 11) is 0. The Bertz CT molecular complexity index is 418. The number of nitrogens with zero attached hydrogens (tertiary/aromatic N) is 1. The van der Waals surface area contributed by atoms with E-state index in [-0.39, 0.29) is 17.9 Å². The Morgan fingerprint density at radius 3 is 2.68 bits per heavy atom. The van der Waals surface area contributed by atoms with Gasteiger partial charge >= 0.3 is 0 Å². The molecule has 1 aliphatic heterocycles. The molecule has 3 heteroatoms. The molecule has 0 saturated carbocycles. The lowest BCUT2D eigenvalue weighted by atomic mass is 9.92. The highest BCUT2D eigenvalue weighted by atomic mass is 16.3. The summed E-state index contributed by atoms with van der Waals surface area (Å²) >= 11 is 0. The van der Waals surface area contributed by atoms with E-state index in [9.17, 15) is 9.90 Å². The summed E-state index contributed by atoms with van der Waals surface area (Å²) in [6.07, 6.45) is 1.43. The summed E-state index contributed by atoms with van der Waals surface area (Å²) < 4.78 is 0. The van der Waals surface area contributed by atoms with Crippen LogP contribution in [0.1, 0.15) is 37.0 Å². The van der Waals surface area contributed by atoms with Crippen molar-refractivity contribution < 1.29 is 9.90 Å². The maximum absolute atomic E-state index is 12.5.